The number of esters is 2. The molecule has 0 rings (SSSR count). The molecule has 1 unspecified atom stereocenters. The Bertz CT molecular complexity index is 697. The van der Waals surface area contributed by atoms with Crippen molar-refractivity contribution in [2.75, 3.05) is 20.3 Å². The molecule has 1 N–H and O–H groups in total. The van der Waals surface area contributed by atoms with Crippen molar-refractivity contribution < 1.29 is 37.6 Å². The molecule has 0 aromatic heterocycles. The third kappa shape index (κ3) is 28.7. The van der Waals surface area contributed by atoms with Gasteiger partial charge in [-0.15, -0.1) is 0 Å². The molecule has 0 aliphatic rings. The van der Waals surface area contributed by atoms with Crippen molar-refractivity contribution in [3.8, 4) is 0 Å². The van der Waals surface area contributed by atoms with E-state index in [1.165, 1.54) is 70.6 Å². The first kappa shape index (κ1) is 39.8. The molecule has 0 aromatic carbocycles. The summed E-state index contributed by atoms with van der Waals surface area (Å²) in [5, 5.41) is 0. The summed E-state index contributed by atoms with van der Waals surface area (Å²) in [6, 6.07) is 0. The maximum atomic E-state index is 12.3. The van der Waals surface area contributed by atoms with Gasteiger partial charge in [0.05, 0.1) is 6.61 Å². The van der Waals surface area contributed by atoms with Gasteiger partial charge in [-0.1, -0.05) is 122 Å². The average Bonchev–Trinajstić information content (AvgIpc) is 2.96. The molecule has 9 heteroatoms. The molecular weight excluding hydrogens is 543 g/mol. The lowest BCUT2D eigenvalue weighted by molar-refractivity contribution is -0.161. The molecule has 0 fully saturated rings. The zero-order chi connectivity index (χ0) is 30.4. The van der Waals surface area contributed by atoms with Crippen LogP contribution in [0, 0.1) is 0 Å². The molecular formula is C32H61O8P. The van der Waals surface area contributed by atoms with Crippen LogP contribution in [0.4, 0.5) is 0 Å². The Morgan fingerprint density at radius 1 is 0.683 bits per heavy atom. The maximum Gasteiger partial charge on any atom is 0.472 e. The summed E-state index contributed by atoms with van der Waals surface area (Å²) in [5.74, 6) is -0.810. The maximum absolute atomic E-state index is 12.3. The van der Waals surface area contributed by atoms with E-state index in [0.717, 1.165) is 58.5 Å². The van der Waals surface area contributed by atoms with Crippen molar-refractivity contribution >= 4 is 19.8 Å². The van der Waals surface area contributed by atoms with Crippen LogP contribution in [0.5, 0.6) is 0 Å². The summed E-state index contributed by atoms with van der Waals surface area (Å²) in [5.41, 5.74) is 0. The summed E-state index contributed by atoms with van der Waals surface area (Å²) in [6.45, 7) is 3.76. The summed E-state index contributed by atoms with van der Waals surface area (Å²) in [6.07, 6.45) is 27.0. The van der Waals surface area contributed by atoms with Crippen molar-refractivity contribution in [3.05, 3.63) is 12.2 Å². The predicted octanol–water partition coefficient (Wildman–Crippen LogP) is 9.38. The Balaban J connectivity index is 4.12. The van der Waals surface area contributed by atoms with E-state index in [1.807, 2.05) is 0 Å². The summed E-state index contributed by atoms with van der Waals surface area (Å²) in [4.78, 5) is 34.1. The minimum absolute atomic E-state index is 0.222. The third-order valence-corrected chi connectivity index (χ3v) is 7.96. The van der Waals surface area contributed by atoms with Crippen molar-refractivity contribution in [2.24, 2.45) is 0 Å². The van der Waals surface area contributed by atoms with Gasteiger partial charge in [-0.3, -0.25) is 18.6 Å². The molecule has 0 heterocycles. The van der Waals surface area contributed by atoms with Crippen molar-refractivity contribution in [3.63, 3.8) is 0 Å². The van der Waals surface area contributed by atoms with Gasteiger partial charge in [-0.25, -0.2) is 4.57 Å². The SMILES string of the molecule is CC/C=C/CCCCCCCCCC(=O)O[C@H](COC(=O)CCCCCCCCCCCCC)COP(=O)(O)OC. The zero-order valence-corrected chi connectivity index (χ0v) is 27.3. The van der Waals surface area contributed by atoms with Crippen LogP contribution < -0.4 is 0 Å². The first-order valence-corrected chi connectivity index (χ1v) is 17.9. The molecule has 0 spiro atoms. The quantitative estimate of drug-likeness (QED) is 0.0374. The number of ether oxygens (including phenoxy) is 2. The molecule has 0 aliphatic heterocycles. The van der Waals surface area contributed by atoms with Crippen molar-refractivity contribution in [2.45, 2.75) is 161 Å². The molecule has 242 valence electrons. The lowest BCUT2D eigenvalue weighted by atomic mass is 10.1. The van der Waals surface area contributed by atoms with E-state index in [1.54, 1.807) is 0 Å². The lowest BCUT2D eigenvalue weighted by Gasteiger charge is -2.19. The van der Waals surface area contributed by atoms with Crippen LogP contribution in [0.25, 0.3) is 0 Å². The normalized spacial score (nSPS) is 13.8. The zero-order valence-electron chi connectivity index (χ0n) is 26.5. The molecule has 0 saturated heterocycles. The van der Waals surface area contributed by atoms with Gasteiger partial charge in [-0.2, -0.15) is 0 Å². The fraction of sp³-hybridized carbons (Fsp3) is 0.875. The van der Waals surface area contributed by atoms with E-state index in [0.29, 0.717) is 12.8 Å². The number of phosphoric acid groups is 1. The van der Waals surface area contributed by atoms with Crippen LogP contribution in [0.1, 0.15) is 155 Å². The van der Waals surface area contributed by atoms with Crippen LogP contribution in [0.3, 0.4) is 0 Å². The van der Waals surface area contributed by atoms with Crippen LogP contribution in [0.2, 0.25) is 0 Å². The highest BCUT2D eigenvalue weighted by Gasteiger charge is 2.24. The highest BCUT2D eigenvalue weighted by Crippen LogP contribution is 2.42. The molecule has 41 heavy (non-hydrogen) atoms. The largest absolute Gasteiger partial charge is 0.472 e. The number of unbranched alkanes of at least 4 members (excludes halogenated alkanes) is 17. The second-order valence-corrected chi connectivity index (χ2v) is 12.5. The summed E-state index contributed by atoms with van der Waals surface area (Å²) < 4.78 is 31.7. The van der Waals surface area contributed by atoms with Gasteiger partial charge in [0.2, 0.25) is 0 Å². The number of hydrogen-bond donors (Lipinski definition) is 1. The Morgan fingerprint density at radius 3 is 1.68 bits per heavy atom. The van der Waals surface area contributed by atoms with Gasteiger partial charge in [0.15, 0.2) is 6.10 Å². The minimum atomic E-state index is -4.24. The smallest absolute Gasteiger partial charge is 0.462 e. The van der Waals surface area contributed by atoms with Crippen LogP contribution in [0.15, 0.2) is 12.2 Å². The lowest BCUT2D eigenvalue weighted by Crippen LogP contribution is -2.29. The van der Waals surface area contributed by atoms with E-state index < -0.39 is 26.5 Å². The molecule has 0 amide bonds. The topological polar surface area (TPSA) is 108 Å². The second-order valence-electron chi connectivity index (χ2n) is 10.9. The number of rotatable bonds is 30. The van der Waals surface area contributed by atoms with Gasteiger partial charge in [0.1, 0.15) is 6.61 Å². The number of hydrogen-bond acceptors (Lipinski definition) is 7. The van der Waals surface area contributed by atoms with Crippen LogP contribution in [-0.4, -0.2) is 43.3 Å². The highest BCUT2D eigenvalue weighted by molar-refractivity contribution is 7.47. The van der Waals surface area contributed by atoms with Crippen LogP contribution in [-0.2, 0) is 32.7 Å². The summed E-state index contributed by atoms with van der Waals surface area (Å²) >= 11 is 0. The van der Waals surface area contributed by atoms with E-state index in [2.05, 4.69) is 30.5 Å². The average molecular weight is 605 g/mol. The number of carbonyl (C=O) groups excluding carboxylic acids is 2. The standard InChI is InChI=1S/C32H61O8P/c1-4-6-8-10-12-14-16-18-20-22-24-26-31(33)38-28-30(29-39-41(35,36)37-3)40-32(34)27-25-23-21-19-17-15-13-11-9-7-5-2/h7,9,30H,4-6,8,10-29H2,1-3H3,(H,35,36)/b9-7+/t30-/m1/s1. The highest BCUT2D eigenvalue weighted by atomic mass is 31.2. The molecule has 0 aliphatic carbocycles. The van der Waals surface area contributed by atoms with Crippen molar-refractivity contribution in [1.82, 2.24) is 0 Å². The number of phosphoric ester groups is 1. The number of carbonyl (C=O) groups is 2. The predicted molar refractivity (Wildman–Crippen MR) is 166 cm³/mol. The van der Waals surface area contributed by atoms with Crippen LogP contribution >= 0.6 is 7.82 Å². The van der Waals surface area contributed by atoms with E-state index in [4.69, 9.17) is 14.0 Å². The molecule has 0 bridgehead atoms. The van der Waals surface area contributed by atoms with Gasteiger partial charge < -0.3 is 14.4 Å². The summed E-state index contributed by atoms with van der Waals surface area (Å²) in [7, 11) is -3.19. The molecule has 2 atom stereocenters. The van der Waals surface area contributed by atoms with Crippen molar-refractivity contribution in [1.29, 1.82) is 0 Å². The first-order chi connectivity index (χ1) is 19.8. The van der Waals surface area contributed by atoms with E-state index >= 15 is 0 Å². The van der Waals surface area contributed by atoms with Gasteiger partial charge in [-0.05, 0) is 32.1 Å². The second kappa shape index (κ2) is 28.9. The monoisotopic (exact) mass is 604 g/mol. The van der Waals surface area contributed by atoms with Gasteiger partial charge >= 0.3 is 19.8 Å². The molecule has 0 radical (unpaired) electrons. The Morgan fingerprint density at radius 2 is 1.17 bits per heavy atom. The van der Waals surface area contributed by atoms with E-state index in [-0.39, 0.29) is 19.0 Å². The molecule has 0 aromatic rings. The fourth-order valence-corrected chi connectivity index (χ4v) is 4.94. The van der Waals surface area contributed by atoms with Gasteiger partial charge in [0, 0.05) is 20.0 Å². The Labute approximate surface area is 250 Å². The molecule has 8 nitrogen and oxygen atoms in total. The minimum Gasteiger partial charge on any atom is -0.462 e. The molecule has 0 saturated carbocycles. The Kier molecular flexibility index (Phi) is 28.0. The number of allylic oxidation sites excluding steroid dienone is 2. The fourth-order valence-electron chi connectivity index (χ4n) is 4.48. The third-order valence-electron chi connectivity index (χ3n) is 7.02. The Hall–Kier alpha value is -1.21. The first-order valence-electron chi connectivity index (χ1n) is 16.4. The van der Waals surface area contributed by atoms with Gasteiger partial charge in [0.25, 0.3) is 0 Å². The van der Waals surface area contributed by atoms with E-state index in [9.17, 15) is 19.0 Å².